The Morgan fingerprint density at radius 2 is 1.77 bits per heavy atom. The smallest absolute Gasteiger partial charge is 0.240 e. The molecule has 2 aromatic rings. The van der Waals surface area contributed by atoms with Gasteiger partial charge in [0.2, 0.25) is 15.9 Å². The average Bonchev–Trinajstić information content (AvgIpc) is 2.62. The fraction of sp³-hybridized carbons (Fsp3) is 0.278. The van der Waals surface area contributed by atoms with Crippen LogP contribution in [0.1, 0.15) is 12.0 Å². The lowest BCUT2D eigenvalue weighted by Crippen LogP contribution is -2.31. The first-order chi connectivity index (χ1) is 12.4. The molecule has 0 heterocycles. The summed E-state index contributed by atoms with van der Waals surface area (Å²) >= 11 is 3.26. The summed E-state index contributed by atoms with van der Waals surface area (Å²) in [5, 5.41) is 2.78. The molecule has 0 bridgehead atoms. The van der Waals surface area contributed by atoms with Gasteiger partial charge in [-0.15, -0.1) is 0 Å². The van der Waals surface area contributed by atoms with Crippen molar-refractivity contribution in [3.8, 4) is 5.75 Å². The van der Waals surface area contributed by atoms with Crippen LogP contribution in [-0.4, -0.2) is 34.5 Å². The maximum absolute atomic E-state index is 12.1. The van der Waals surface area contributed by atoms with Crippen molar-refractivity contribution in [3.05, 3.63) is 58.6 Å². The van der Waals surface area contributed by atoms with Gasteiger partial charge in [-0.25, -0.2) is 13.1 Å². The molecule has 0 saturated heterocycles. The summed E-state index contributed by atoms with van der Waals surface area (Å²) in [4.78, 5) is 12.0. The molecule has 2 rings (SSSR count). The fourth-order valence-corrected chi connectivity index (χ4v) is 3.63. The van der Waals surface area contributed by atoms with Gasteiger partial charge in [-0.3, -0.25) is 4.79 Å². The number of rotatable bonds is 9. The highest BCUT2D eigenvalue weighted by Gasteiger charge is 2.13. The molecule has 1 amide bonds. The lowest BCUT2D eigenvalue weighted by atomic mass is 10.1. The predicted molar refractivity (Wildman–Crippen MR) is 104 cm³/mol. The number of hydrogen-bond donors (Lipinski definition) is 2. The lowest BCUT2D eigenvalue weighted by molar-refractivity contribution is -0.120. The van der Waals surface area contributed by atoms with E-state index in [1.54, 1.807) is 19.2 Å². The van der Waals surface area contributed by atoms with E-state index in [1.807, 2.05) is 24.3 Å². The molecule has 2 N–H and O–H groups in total. The Kier molecular flexibility index (Phi) is 7.62. The summed E-state index contributed by atoms with van der Waals surface area (Å²) in [5.41, 5.74) is 1.01. The standard InChI is InChI=1S/C18H21BrN2O4S/c1-25-17-5-3-2-4-14(17)10-12-20-18(22)11-13-21-26(23,24)16-8-6-15(19)7-9-16/h2-9,21H,10-13H2,1H3,(H,20,22). The van der Waals surface area contributed by atoms with Crippen LogP contribution in [-0.2, 0) is 21.2 Å². The zero-order chi connectivity index (χ0) is 19.0. The normalized spacial score (nSPS) is 11.2. The first-order valence-electron chi connectivity index (χ1n) is 8.06. The molecular weight excluding hydrogens is 420 g/mol. The van der Waals surface area contributed by atoms with Crippen LogP contribution in [0.3, 0.4) is 0 Å². The highest BCUT2D eigenvalue weighted by Crippen LogP contribution is 2.17. The number of para-hydroxylation sites is 1. The highest BCUT2D eigenvalue weighted by atomic mass is 79.9. The number of nitrogens with one attached hydrogen (secondary N) is 2. The molecule has 0 aliphatic heterocycles. The van der Waals surface area contributed by atoms with E-state index in [4.69, 9.17) is 4.74 Å². The van der Waals surface area contributed by atoms with Crippen LogP contribution < -0.4 is 14.8 Å². The Labute approximate surface area is 162 Å². The molecule has 6 nitrogen and oxygen atoms in total. The zero-order valence-corrected chi connectivity index (χ0v) is 16.8. The summed E-state index contributed by atoms with van der Waals surface area (Å²) in [6.07, 6.45) is 0.710. The molecule has 0 saturated carbocycles. The molecule has 0 aliphatic carbocycles. The van der Waals surface area contributed by atoms with Gasteiger partial charge in [0.05, 0.1) is 12.0 Å². The van der Waals surface area contributed by atoms with Crippen molar-refractivity contribution in [2.75, 3.05) is 20.2 Å². The average molecular weight is 441 g/mol. The van der Waals surface area contributed by atoms with Gasteiger partial charge in [0.25, 0.3) is 0 Å². The third kappa shape index (κ3) is 6.12. The van der Waals surface area contributed by atoms with Crippen LogP contribution in [0.4, 0.5) is 0 Å². The van der Waals surface area contributed by atoms with Gasteiger partial charge in [-0.2, -0.15) is 0 Å². The second-order valence-corrected chi connectivity index (χ2v) is 8.20. The van der Waals surface area contributed by atoms with Crippen molar-refractivity contribution < 1.29 is 17.9 Å². The van der Waals surface area contributed by atoms with E-state index in [2.05, 4.69) is 26.0 Å². The Hall–Kier alpha value is -1.90. The molecule has 0 atom stereocenters. The number of amides is 1. The topological polar surface area (TPSA) is 84.5 Å². The summed E-state index contributed by atoms with van der Waals surface area (Å²) in [7, 11) is -2.01. The minimum Gasteiger partial charge on any atom is -0.496 e. The molecule has 26 heavy (non-hydrogen) atoms. The van der Waals surface area contributed by atoms with Gasteiger partial charge < -0.3 is 10.1 Å². The summed E-state index contributed by atoms with van der Waals surface area (Å²) in [6.45, 7) is 0.498. The number of methoxy groups -OCH3 is 1. The van der Waals surface area contributed by atoms with E-state index in [0.29, 0.717) is 13.0 Å². The molecule has 0 radical (unpaired) electrons. The van der Waals surface area contributed by atoms with Crippen molar-refractivity contribution in [2.24, 2.45) is 0 Å². The monoisotopic (exact) mass is 440 g/mol. The minimum absolute atomic E-state index is 0.0406. The van der Waals surface area contributed by atoms with Crippen LogP contribution in [0.15, 0.2) is 57.9 Å². The van der Waals surface area contributed by atoms with Crippen LogP contribution in [0.25, 0.3) is 0 Å². The van der Waals surface area contributed by atoms with E-state index >= 15 is 0 Å². The zero-order valence-electron chi connectivity index (χ0n) is 14.4. The van der Waals surface area contributed by atoms with Crippen molar-refractivity contribution in [1.29, 1.82) is 0 Å². The maximum atomic E-state index is 12.1. The van der Waals surface area contributed by atoms with Gasteiger partial charge in [-0.05, 0) is 42.3 Å². The Morgan fingerprint density at radius 1 is 1.08 bits per heavy atom. The summed E-state index contributed by atoms with van der Waals surface area (Å²) in [5.74, 6) is 0.572. The van der Waals surface area contributed by atoms with Crippen molar-refractivity contribution in [3.63, 3.8) is 0 Å². The number of halogens is 1. The Balaban J connectivity index is 1.74. The third-order valence-corrected chi connectivity index (χ3v) is 5.68. The molecule has 8 heteroatoms. The van der Waals surface area contributed by atoms with Gasteiger partial charge >= 0.3 is 0 Å². The minimum atomic E-state index is -3.61. The fourth-order valence-electron chi connectivity index (χ4n) is 2.33. The van der Waals surface area contributed by atoms with Crippen LogP contribution >= 0.6 is 15.9 Å². The van der Waals surface area contributed by atoms with E-state index < -0.39 is 10.0 Å². The number of carbonyl (C=O) groups excluding carboxylic acids is 1. The maximum Gasteiger partial charge on any atom is 0.240 e. The molecule has 0 aliphatic rings. The highest BCUT2D eigenvalue weighted by molar-refractivity contribution is 9.10. The lowest BCUT2D eigenvalue weighted by Gasteiger charge is -2.10. The van der Waals surface area contributed by atoms with Crippen LogP contribution in [0.2, 0.25) is 0 Å². The second kappa shape index (κ2) is 9.70. The van der Waals surface area contributed by atoms with Crippen molar-refractivity contribution in [2.45, 2.75) is 17.7 Å². The third-order valence-electron chi connectivity index (χ3n) is 3.68. The Bertz CT molecular complexity index is 839. The second-order valence-electron chi connectivity index (χ2n) is 5.51. The van der Waals surface area contributed by atoms with E-state index in [9.17, 15) is 13.2 Å². The van der Waals surface area contributed by atoms with Gasteiger partial charge in [-0.1, -0.05) is 34.1 Å². The van der Waals surface area contributed by atoms with E-state index in [-0.39, 0.29) is 23.8 Å². The molecular formula is C18H21BrN2O4S. The van der Waals surface area contributed by atoms with Crippen LogP contribution in [0, 0.1) is 0 Å². The molecule has 2 aromatic carbocycles. The molecule has 0 aromatic heterocycles. The Morgan fingerprint density at radius 3 is 2.46 bits per heavy atom. The van der Waals surface area contributed by atoms with Gasteiger partial charge in [0.1, 0.15) is 5.75 Å². The molecule has 0 spiro atoms. The van der Waals surface area contributed by atoms with Crippen molar-refractivity contribution >= 4 is 31.9 Å². The SMILES string of the molecule is COc1ccccc1CCNC(=O)CCNS(=O)(=O)c1ccc(Br)cc1. The number of carbonyl (C=O) groups is 1. The largest absolute Gasteiger partial charge is 0.496 e. The molecule has 0 unspecified atom stereocenters. The summed E-state index contributed by atoms with van der Waals surface area (Å²) in [6, 6.07) is 13.9. The van der Waals surface area contributed by atoms with Crippen molar-refractivity contribution in [1.82, 2.24) is 10.0 Å². The van der Waals surface area contributed by atoms with Gasteiger partial charge in [0.15, 0.2) is 0 Å². The van der Waals surface area contributed by atoms with E-state index in [1.165, 1.54) is 12.1 Å². The number of sulfonamides is 1. The number of benzene rings is 2. The molecule has 140 valence electrons. The quantitative estimate of drug-likeness (QED) is 0.627. The first kappa shape index (κ1) is 20.4. The van der Waals surface area contributed by atoms with Crippen LogP contribution in [0.5, 0.6) is 5.75 Å². The summed E-state index contributed by atoms with van der Waals surface area (Å²) < 4.78 is 32.7. The first-order valence-corrected chi connectivity index (χ1v) is 10.3. The number of hydrogen-bond acceptors (Lipinski definition) is 4. The number of ether oxygens (including phenoxy) is 1. The predicted octanol–water partition coefficient (Wildman–Crippen LogP) is 2.49. The van der Waals surface area contributed by atoms with Gasteiger partial charge in [0, 0.05) is 24.0 Å². The molecule has 0 fully saturated rings. The van der Waals surface area contributed by atoms with E-state index in [0.717, 1.165) is 15.8 Å².